The fourth-order valence-corrected chi connectivity index (χ4v) is 13.0. The number of halogens is 2. The van der Waals surface area contributed by atoms with E-state index in [0.29, 0.717) is 67.0 Å². The minimum Gasteiger partial charge on any atom is -0.508 e. The third-order valence-corrected chi connectivity index (χ3v) is 23.8. The van der Waals surface area contributed by atoms with Crippen LogP contribution in [-0.2, 0) is 78.0 Å². The Hall–Kier alpha value is -3.54. The number of nitrogens with zero attached hydrogens (tertiary/aromatic N) is 2. The first-order chi connectivity index (χ1) is 47.1. The number of carbonyl (C=O) groups excluding carboxylic acids is 4. The minimum atomic E-state index is -1.18. The van der Waals surface area contributed by atoms with E-state index in [2.05, 4.69) is 80.5 Å². The number of aldehydes is 1. The molecule has 0 radical (unpaired) electrons. The molecule has 0 bridgehead atoms. The highest BCUT2D eigenvalue weighted by Crippen LogP contribution is 2.36. The number of fused-ring (bicyclic) bond motifs is 2. The van der Waals surface area contributed by atoms with Gasteiger partial charge in [-0.2, -0.15) is 4.40 Å². The highest BCUT2D eigenvalue weighted by molar-refractivity contribution is 7.85. The zero-order chi connectivity index (χ0) is 77.8. The Morgan fingerprint density at radius 2 is 0.962 bits per heavy atom. The van der Waals surface area contributed by atoms with Gasteiger partial charge in [-0.3, -0.25) is 19.6 Å². The molecule has 2 heterocycles. The number of aromatic hydroxyl groups is 2. The third kappa shape index (κ3) is 42.2. The van der Waals surface area contributed by atoms with Gasteiger partial charge in [-0.25, -0.2) is 22.1 Å². The number of nitrogens with one attached hydrogen (secondary N) is 4. The van der Waals surface area contributed by atoms with Gasteiger partial charge in [0.25, 0.3) is 0 Å². The van der Waals surface area contributed by atoms with Crippen molar-refractivity contribution in [2.45, 2.75) is 366 Å². The van der Waals surface area contributed by atoms with Crippen molar-refractivity contribution in [1.29, 1.82) is 0 Å². The van der Waals surface area contributed by atoms with E-state index in [1.807, 2.05) is 123 Å². The molecule has 4 fully saturated rings. The van der Waals surface area contributed by atoms with Crippen LogP contribution in [0.15, 0.2) is 40.8 Å². The van der Waals surface area contributed by atoms with Crippen molar-refractivity contribution < 1.29 is 46.8 Å². The molecule has 0 aromatic heterocycles. The monoisotopic (exact) mass is 1590 g/mol. The summed E-state index contributed by atoms with van der Waals surface area (Å²) in [5.41, 5.74) is 9.34. The second-order valence-electron chi connectivity index (χ2n) is 35.6. The molecule has 23 heteroatoms. The molecule has 2 aromatic rings. The van der Waals surface area contributed by atoms with Gasteiger partial charge in [-0.1, -0.05) is 187 Å². The van der Waals surface area contributed by atoms with Crippen molar-refractivity contribution in [2.75, 3.05) is 0 Å². The summed E-state index contributed by atoms with van der Waals surface area (Å²) >= 11 is 0. The second-order valence-corrected chi connectivity index (χ2v) is 41.4. The van der Waals surface area contributed by atoms with Gasteiger partial charge in [0.05, 0.1) is 48.8 Å². The topological polar surface area (TPSA) is 285 Å². The number of rotatable bonds is 21. The summed E-state index contributed by atoms with van der Waals surface area (Å²) in [6.45, 7) is 48.9. The fraction of sp³-hybridized carbons (Fsp3) is 0.795. The number of ether oxygens (including phenoxy) is 1. The summed E-state index contributed by atoms with van der Waals surface area (Å²) in [7, 11) is -3.20. The Labute approximate surface area is 666 Å². The molecule has 10 N–H and O–H groups in total. The molecule has 2 aliphatic heterocycles. The predicted molar refractivity (Wildman–Crippen MR) is 456 cm³/mol. The van der Waals surface area contributed by atoms with Crippen molar-refractivity contribution in [3.63, 3.8) is 0 Å². The van der Waals surface area contributed by atoms with E-state index in [4.69, 9.17) is 15.6 Å². The van der Waals surface area contributed by atoms with Crippen molar-refractivity contribution in [3.05, 3.63) is 58.7 Å². The van der Waals surface area contributed by atoms with E-state index in [9.17, 15) is 42.0 Å². The highest BCUT2D eigenvalue weighted by Gasteiger charge is 2.39. The van der Waals surface area contributed by atoms with Crippen molar-refractivity contribution >= 4 is 88.2 Å². The number of phenolic OH excluding ortho intramolecular Hbond substituents is 2. The molecule has 0 saturated heterocycles. The molecule has 4 aliphatic carbocycles. The zero-order valence-electron chi connectivity index (χ0n) is 68.7. The predicted octanol–water partition coefficient (Wildman–Crippen LogP) is 18.1. The Morgan fingerprint density at radius 3 is 1.30 bits per heavy atom. The molecule has 4 saturated carbocycles. The molecule has 2 aromatic carbocycles. The van der Waals surface area contributed by atoms with E-state index in [-0.39, 0.29) is 108 Å². The zero-order valence-corrected chi connectivity index (χ0v) is 72.8. The van der Waals surface area contributed by atoms with Gasteiger partial charge >= 0.3 is 6.09 Å². The summed E-state index contributed by atoms with van der Waals surface area (Å²) in [6, 6.07) is 11.0. The number of phenols is 2. The Balaban J connectivity index is -0.00000125. The lowest BCUT2D eigenvalue weighted by Crippen LogP contribution is -2.56. The smallest absolute Gasteiger partial charge is 0.411 e. The quantitative estimate of drug-likeness (QED) is 0.0428. The Morgan fingerprint density at radius 1 is 0.575 bits per heavy atom. The number of nitrogens with two attached hydrogens (primary N) is 2. The van der Waals surface area contributed by atoms with Crippen LogP contribution in [0.25, 0.3) is 0 Å². The van der Waals surface area contributed by atoms with Crippen LogP contribution in [0.2, 0.25) is 0 Å². The molecule has 9 atom stereocenters. The summed E-state index contributed by atoms with van der Waals surface area (Å²) in [5.74, 6) is 6.36. The van der Waals surface area contributed by atoms with Crippen LogP contribution in [-0.4, -0.2) is 114 Å². The first kappa shape index (κ1) is 107. The van der Waals surface area contributed by atoms with Gasteiger partial charge in [-0.05, 0) is 215 Å². The summed E-state index contributed by atoms with van der Waals surface area (Å²) in [5, 5.41) is 34.3. The fourth-order valence-electron chi connectivity index (χ4n) is 11.3. The summed E-state index contributed by atoms with van der Waals surface area (Å²) in [4.78, 5) is 49.9. The number of benzene rings is 2. The molecular formula is C83H156Cl2N8O10S3. The summed E-state index contributed by atoms with van der Waals surface area (Å²) in [6.07, 6.45) is 24.0. The van der Waals surface area contributed by atoms with Gasteiger partial charge in [0, 0.05) is 49.3 Å². The number of carbonyl (C=O) groups is 4. The second kappa shape index (κ2) is 51.2. The molecule has 106 heavy (non-hydrogen) atoms. The Bertz CT molecular complexity index is 2930. The Kier molecular flexibility index (Phi) is 51.5. The van der Waals surface area contributed by atoms with Gasteiger partial charge in [0.15, 0.2) is 0 Å². The van der Waals surface area contributed by atoms with E-state index < -0.39 is 50.7 Å². The number of amides is 3. The van der Waals surface area contributed by atoms with E-state index in [0.717, 1.165) is 59.1 Å². The first-order valence-electron chi connectivity index (χ1n) is 38.6. The SMILES string of the molecule is C.C.CC(C)(C)[S@@](N)=O.CC(C)C=NS(=O)C(C)(C)C.CC(C)C=O.CC(C)[C@@H](CC1CCC1)NC(=O)[C@H]1Cc2ccc(O)cc2CN1.CC(C)[C@@H](CC1CCC1)NC(=O)[C@H]1Cc2ccc(O)cc2CN1C(=O)OC(C)(C)C.CC(C)[C@@H](CC1CCC1)N[S@@](=O)C(C)(C)C.CC(C)[C@H](N)CC1CCC1.Cl.Cl. The average Bonchev–Trinajstić information content (AvgIpc) is 0.789. The van der Waals surface area contributed by atoms with Gasteiger partial charge in [0.1, 0.15) is 40.4 Å². The van der Waals surface area contributed by atoms with Crippen LogP contribution in [0.4, 0.5) is 4.79 Å². The number of hydrogen-bond acceptors (Lipinski definition) is 12. The van der Waals surface area contributed by atoms with Crippen LogP contribution in [0.3, 0.4) is 0 Å². The molecule has 0 spiro atoms. The van der Waals surface area contributed by atoms with Crippen LogP contribution < -0.4 is 31.5 Å². The first-order valence-corrected chi connectivity index (χ1v) is 42.0. The molecule has 8 rings (SSSR count). The lowest BCUT2D eigenvalue weighted by Gasteiger charge is -2.38. The van der Waals surface area contributed by atoms with Crippen LogP contribution >= 0.6 is 24.8 Å². The molecule has 1 unspecified atom stereocenters. The normalized spacial score (nSPS) is 19.2. The maximum absolute atomic E-state index is 13.3. The van der Waals surface area contributed by atoms with E-state index in [1.165, 1.54) is 94.8 Å². The molecular weight excluding hydrogens is 1440 g/mol. The van der Waals surface area contributed by atoms with Crippen molar-refractivity contribution in [3.8, 4) is 11.5 Å². The van der Waals surface area contributed by atoms with Gasteiger partial charge in [-0.15, -0.1) is 24.8 Å². The van der Waals surface area contributed by atoms with Crippen LogP contribution in [0.5, 0.6) is 11.5 Å². The van der Waals surface area contributed by atoms with Crippen LogP contribution in [0.1, 0.15) is 306 Å². The maximum Gasteiger partial charge on any atom is 0.411 e. The molecule has 6 aliphatic rings. The third-order valence-electron chi connectivity index (χ3n) is 19.6. The standard InChI is InChI=1S/C24H36N2O4.C19H28N2O2.C13H27NOS.C9H19N.C8H17NOS.C4H11NOS.C4H8O.2CH4.2ClH/c1-15(2)20(11-16-7-6-8-16)25-22(28)21-13-17-9-10-19(27)12-18(17)14-26(21)23(29)30-24(3,4)5;1-12(2)17(8-13-4-3-5-13)21-19(23)18-10-14-6-7-16(22)9-15(14)11-20-18;1-10(2)12(9-11-7-6-8-11)14-16(15)13(3,4)5;1-7(2)9(10)6-8-4-3-5-8;1-7(2)6-9-11(10)8(3,4)5;1-4(2,3)7(5)6;1-4(2)3-5;;;;/h9-10,12,15-16,20-21,27H,6-8,11,13-14H2,1-5H3,(H,25,28);6-7,9,12-13,17-18,20,22H,3-5,8,10-11H2,1-2H3,(H,21,23);10-12,14H,6-9H2,1-5H3;7-9H,3-6,10H2,1-2H3;6-7H,1-5H3;5H2,1-3H3;3-4H,1-2H3;2*1H4;2*1H/t20-,21-;17-,18-;12-,16+;9-;;7-;;;;;/m1111.0...../s1. The van der Waals surface area contributed by atoms with Crippen molar-refractivity contribution in [2.24, 2.45) is 74.4 Å². The maximum atomic E-state index is 13.3. The molecule has 3 amide bonds. The lowest BCUT2D eigenvalue weighted by molar-refractivity contribution is -0.128. The molecule has 620 valence electrons. The average molecular weight is 1590 g/mol. The van der Waals surface area contributed by atoms with E-state index in [1.54, 1.807) is 30.5 Å². The molecule has 18 nitrogen and oxygen atoms in total. The van der Waals surface area contributed by atoms with Gasteiger partial charge in [0.2, 0.25) is 11.8 Å². The largest absolute Gasteiger partial charge is 0.508 e. The number of hydrogen-bond donors (Lipinski definition) is 8. The minimum absolute atomic E-state index is 0. The van der Waals surface area contributed by atoms with Gasteiger partial charge < -0.3 is 41.4 Å². The highest BCUT2D eigenvalue weighted by atomic mass is 35.5. The van der Waals surface area contributed by atoms with Crippen molar-refractivity contribution in [1.82, 2.24) is 25.6 Å². The van der Waals surface area contributed by atoms with Crippen LogP contribution in [0, 0.1) is 59.2 Å². The van der Waals surface area contributed by atoms with E-state index >= 15 is 0 Å². The summed E-state index contributed by atoms with van der Waals surface area (Å²) < 4.78 is 45.9. The lowest BCUT2D eigenvalue weighted by atomic mass is 9.78.